The minimum absolute atomic E-state index is 0.606. The highest BCUT2D eigenvalue weighted by atomic mass is 127. The van der Waals surface area contributed by atoms with E-state index >= 15 is 0 Å². The molecule has 2 N–H and O–H groups in total. The van der Waals surface area contributed by atoms with Gasteiger partial charge in [0.1, 0.15) is 5.82 Å². The molecular formula is C9H7IN2. The van der Waals surface area contributed by atoms with E-state index in [1.165, 1.54) is 5.39 Å². The van der Waals surface area contributed by atoms with E-state index in [2.05, 4.69) is 33.6 Å². The Morgan fingerprint density at radius 1 is 1.25 bits per heavy atom. The van der Waals surface area contributed by atoms with Gasteiger partial charge in [0.25, 0.3) is 0 Å². The second-order valence-corrected chi connectivity index (χ2v) is 3.62. The molecule has 0 saturated carbocycles. The Labute approximate surface area is 83.9 Å². The Morgan fingerprint density at radius 3 is 2.83 bits per heavy atom. The van der Waals surface area contributed by atoms with Crippen LogP contribution in [0.5, 0.6) is 0 Å². The summed E-state index contributed by atoms with van der Waals surface area (Å²) in [5.41, 5.74) is 5.67. The van der Waals surface area contributed by atoms with Crippen LogP contribution in [0.1, 0.15) is 0 Å². The highest BCUT2D eigenvalue weighted by Gasteiger charge is 2.01. The van der Waals surface area contributed by atoms with Crippen LogP contribution in [-0.4, -0.2) is 4.98 Å². The molecule has 1 aromatic heterocycles. The molecule has 0 bridgehead atoms. The standard InChI is InChI=1S/C9H7IN2/c10-8-7-4-2-1-3-6(7)5-12-9(8)11/h1-5H,(H2,11,12). The molecule has 0 spiro atoms. The van der Waals surface area contributed by atoms with Gasteiger partial charge in [0.05, 0.1) is 3.57 Å². The van der Waals surface area contributed by atoms with Gasteiger partial charge in [-0.2, -0.15) is 0 Å². The molecule has 0 unspecified atom stereocenters. The number of nitrogens with two attached hydrogens (primary N) is 1. The summed E-state index contributed by atoms with van der Waals surface area (Å²) in [7, 11) is 0. The second kappa shape index (κ2) is 2.90. The molecule has 0 aliphatic heterocycles. The van der Waals surface area contributed by atoms with Gasteiger partial charge in [0, 0.05) is 17.0 Å². The van der Waals surface area contributed by atoms with Gasteiger partial charge in [-0.1, -0.05) is 24.3 Å². The molecule has 3 heteroatoms. The van der Waals surface area contributed by atoms with Crippen molar-refractivity contribution in [3.05, 3.63) is 34.0 Å². The van der Waals surface area contributed by atoms with Crippen molar-refractivity contribution in [1.29, 1.82) is 0 Å². The van der Waals surface area contributed by atoms with Gasteiger partial charge in [0.2, 0.25) is 0 Å². The zero-order chi connectivity index (χ0) is 8.55. The molecular weight excluding hydrogens is 263 g/mol. The fraction of sp³-hybridized carbons (Fsp3) is 0. The predicted molar refractivity (Wildman–Crippen MR) is 58.9 cm³/mol. The highest BCUT2D eigenvalue weighted by Crippen LogP contribution is 2.22. The molecule has 12 heavy (non-hydrogen) atoms. The maximum Gasteiger partial charge on any atom is 0.137 e. The molecule has 2 aromatic rings. The van der Waals surface area contributed by atoms with Gasteiger partial charge in [-0.05, 0) is 22.6 Å². The molecule has 60 valence electrons. The first kappa shape index (κ1) is 7.79. The van der Waals surface area contributed by atoms with Crippen molar-refractivity contribution in [2.75, 3.05) is 5.73 Å². The zero-order valence-corrected chi connectivity index (χ0v) is 8.45. The topological polar surface area (TPSA) is 38.9 Å². The van der Waals surface area contributed by atoms with Crippen LogP contribution in [-0.2, 0) is 0 Å². The van der Waals surface area contributed by atoms with Crippen LogP contribution < -0.4 is 5.73 Å². The first-order chi connectivity index (χ1) is 5.79. The summed E-state index contributed by atoms with van der Waals surface area (Å²) >= 11 is 2.22. The van der Waals surface area contributed by atoms with Gasteiger partial charge >= 0.3 is 0 Å². The van der Waals surface area contributed by atoms with Crippen molar-refractivity contribution in [3.63, 3.8) is 0 Å². The van der Waals surface area contributed by atoms with Crippen LogP contribution >= 0.6 is 22.6 Å². The largest absolute Gasteiger partial charge is 0.383 e. The van der Waals surface area contributed by atoms with Crippen molar-refractivity contribution in [1.82, 2.24) is 4.98 Å². The van der Waals surface area contributed by atoms with Crippen molar-refractivity contribution in [3.8, 4) is 0 Å². The molecule has 0 radical (unpaired) electrons. The minimum Gasteiger partial charge on any atom is -0.383 e. The smallest absolute Gasteiger partial charge is 0.137 e. The lowest BCUT2D eigenvalue weighted by Crippen LogP contribution is -1.93. The molecule has 2 rings (SSSR count). The van der Waals surface area contributed by atoms with E-state index in [0.29, 0.717) is 5.82 Å². The number of fused-ring (bicyclic) bond motifs is 1. The number of hydrogen-bond donors (Lipinski definition) is 1. The minimum atomic E-state index is 0.606. The monoisotopic (exact) mass is 270 g/mol. The Morgan fingerprint density at radius 2 is 2.00 bits per heavy atom. The van der Waals surface area contributed by atoms with E-state index in [9.17, 15) is 0 Å². The van der Waals surface area contributed by atoms with Gasteiger partial charge in [0.15, 0.2) is 0 Å². The molecule has 0 amide bonds. The number of benzene rings is 1. The number of aromatic nitrogens is 1. The number of rotatable bonds is 0. The van der Waals surface area contributed by atoms with Crippen LogP contribution in [0.4, 0.5) is 5.82 Å². The van der Waals surface area contributed by atoms with Crippen LogP contribution in [0.25, 0.3) is 10.8 Å². The molecule has 1 aromatic carbocycles. The van der Waals surface area contributed by atoms with Gasteiger partial charge < -0.3 is 5.73 Å². The second-order valence-electron chi connectivity index (χ2n) is 2.54. The van der Waals surface area contributed by atoms with Crippen molar-refractivity contribution in [2.24, 2.45) is 0 Å². The van der Waals surface area contributed by atoms with Gasteiger partial charge in [-0.15, -0.1) is 0 Å². The van der Waals surface area contributed by atoms with Crippen molar-refractivity contribution < 1.29 is 0 Å². The Kier molecular flexibility index (Phi) is 1.88. The van der Waals surface area contributed by atoms with Crippen LogP contribution in [0.3, 0.4) is 0 Å². The van der Waals surface area contributed by atoms with E-state index in [1.807, 2.05) is 18.2 Å². The first-order valence-corrected chi connectivity index (χ1v) is 4.65. The fourth-order valence-electron chi connectivity index (χ4n) is 1.14. The lowest BCUT2D eigenvalue weighted by Gasteiger charge is -2.01. The molecule has 0 aliphatic rings. The summed E-state index contributed by atoms with van der Waals surface area (Å²) in [6.07, 6.45) is 1.80. The number of pyridine rings is 1. The molecule has 2 nitrogen and oxygen atoms in total. The number of nitrogen functional groups attached to an aromatic ring is 1. The maximum absolute atomic E-state index is 5.67. The maximum atomic E-state index is 5.67. The van der Waals surface area contributed by atoms with Crippen molar-refractivity contribution in [2.45, 2.75) is 0 Å². The SMILES string of the molecule is Nc1ncc2ccccc2c1I. The fourth-order valence-corrected chi connectivity index (χ4v) is 1.77. The van der Waals surface area contributed by atoms with Crippen LogP contribution in [0.2, 0.25) is 0 Å². The lowest BCUT2D eigenvalue weighted by atomic mass is 10.2. The third kappa shape index (κ3) is 1.14. The molecule has 0 fully saturated rings. The van der Waals surface area contributed by atoms with Crippen LogP contribution in [0, 0.1) is 3.57 Å². The third-order valence-electron chi connectivity index (χ3n) is 1.76. The summed E-state index contributed by atoms with van der Waals surface area (Å²) in [5, 5.41) is 2.31. The summed E-state index contributed by atoms with van der Waals surface area (Å²) in [6.45, 7) is 0. The Balaban J connectivity index is 2.91. The summed E-state index contributed by atoms with van der Waals surface area (Å²) < 4.78 is 1.03. The average Bonchev–Trinajstić information content (AvgIpc) is 2.12. The van der Waals surface area contributed by atoms with E-state index in [4.69, 9.17) is 5.73 Å². The number of hydrogen-bond acceptors (Lipinski definition) is 2. The van der Waals surface area contributed by atoms with E-state index < -0.39 is 0 Å². The predicted octanol–water partition coefficient (Wildman–Crippen LogP) is 2.42. The molecule has 0 aliphatic carbocycles. The number of halogens is 1. The van der Waals surface area contributed by atoms with Gasteiger partial charge in [-0.3, -0.25) is 0 Å². The third-order valence-corrected chi connectivity index (χ3v) is 2.90. The quantitative estimate of drug-likeness (QED) is 0.747. The number of anilines is 1. The van der Waals surface area contributed by atoms with E-state index in [-0.39, 0.29) is 0 Å². The van der Waals surface area contributed by atoms with E-state index in [1.54, 1.807) is 6.20 Å². The van der Waals surface area contributed by atoms with E-state index in [0.717, 1.165) is 8.96 Å². The number of nitrogens with zero attached hydrogens (tertiary/aromatic N) is 1. The Bertz CT molecular complexity index is 426. The summed E-state index contributed by atoms with van der Waals surface area (Å²) in [4.78, 5) is 4.08. The van der Waals surface area contributed by atoms with Crippen molar-refractivity contribution >= 4 is 39.2 Å². The highest BCUT2D eigenvalue weighted by molar-refractivity contribution is 14.1. The average molecular weight is 270 g/mol. The van der Waals surface area contributed by atoms with Crippen LogP contribution in [0.15, 0.2) is 30.5 Å². The molecule has 0 atom stereocenters. The summed E-state index contributed by atoms with van der Waals surface area (Å²) in [5.74, 6) is 0.606. The first-order valence-electron chi connectivity index (χ1n) is 3.58. The molecule has 0 saturated heterocycles. The normalized spacial score (nSPS) is 10.4. The zero-order valence-electron chi connectivity index (χ0n) is 6.29. The lowest BCUT2D eigenvalue weighted by molar-refractivity contribution is 1.35. The molecule has 1 heterocycles. The summed E-state index contributed by atoms with van der Waals surface area (Å²) in [6, 6.07) is 8.08. The Hall–Kier alpha value is -0.840. The van der Waals surface area contributed by atoms with Gasteiger partial charge in [-0.25, -0.2) is 4.98 Å².